The van der Waals surface area contributed by atoms with E-state index in [1.165, 1.54) is 18.9 Å². The summed E-state index contributed by atoms with van der Waals surface area (Å²) in [5.41, 5.74) is -0.0931. The maximum Gasteiger partial charge on any atom is 0.331 e. The van der Waals surface area contributed by atoms with E-state index < -0.39 is 4.92 Å². The lowest BCUT2D eigenvalue weighted by Crippen LogP contribution is -2.14. The third kappa shape index (κ3) is 5.03. The van der Waals surface area contributed by atoms with Crippen LogP contribution in [0.15, 0.2) is 12.1 Å². The Labute approximate surface area is 119 Å². The Kier molecular flexibility index (Phi) is 6.76. The van der Waals surface area contributed by atoms with Crippen LogP contribution >= 0.6 is 0 Å². The van der Waals surface area contributed by atoms with Crippen LogP contribution in [0.25, 0.3) is 0 Å². The van der Waals surface area contributed by atoms with Gasteiger partial charge in [-0.05, 0) is 25.8 Å². The molecule has 1 rings (SSSR count). The Hall–Kier alpha value is -1.85. The average Bonchev–Trinajstić information content (AvgIpc) is 2.43. The van der Waals surface area contributed by atoms with Crippen molar-refractivity contribution in [3.8, 4) is 5.88 Å². The molecule has 0 fully saturated rings. The summed E-state index contributed by atoms with van der Waals surface area (Å²) in [5.74, 6) is 0.647. The maximum atomic E-state index is 11.0. The summed E-state index contributed by atoms with van der Waals surface area (Å²) < 4.78 is 5.64. The summed E-state index contributed by atoms with van der Waals surface area (Å²) in [6.07, 6.45) is 5.42. The molecule has 0 spiro atoms. The molecule has 0 radical (unpaired) electrons. The standard InChI is InChI=1S/C14H23N3O3/c1-4-5-6-7-8-11(2)20-14-12(17(18)19)9-10-13(15-3)16-14/h9-11H,4-8H2,1-3H3,(H,15,16). The van der Waals surface area contributed by atoms with Crippen molar-refractivity contribution in [1.82, 2.24) is 4.98 Å². The van der Waals surface area contributed by atoms with Gasteiger partial charge in [0.05, 0.1) is 11.0 Å². The van der Waals surface area contributed by atoms with Crippen molar-refractivity contribution in [2.45, 2.75) is 52.1 Å². The maximum absolute atomic E-state index is 11.0. The first-order valence-corrected chi connectivity index (χ1v) is 7.08. The number of hydrogen-bond donors (Lipinski definition) is 1. The number of hydrogen-bond acceptors (Lipinski definition) is 5. The fourth-order valence-electron chi connectivity index (χ4n) is 1.91. The molecule has 0 aliphatic rings. The molecule has 1 unspecified atom stereocenters. The van der Waals surface area contributed by atoms with Gasteiger partial charge in [-0.15, -0.1) is 0 Å². The Morgan fingerprint density at radius 1 is 1.40 bits per heavy atom. The summed E-state index contributed by atoms with van der Waals surface area (Å²) in [4.78, 5) is 14.6. The molecule has 0 aliphatic carbocycles. The monoisotopic (exact) mass is 281 g/mol. The zero-order chi connectivity index (χ0) is 15.0. The topological polar surface area (TPSA) is 77.3 Å². The third-order valence-electron chi connectivity index (χ3n) is 3.07. The lowest BCUT2D eigenvalue weighted by Gasteiger charge is -2.14. The molecular weight excluding hydrogens is 258 g/mol. The lowest BCUT2D eigenvalue weighted by molar-refractivity contribution is -0.386. The van der Waals surface area contributed by atoms with Gasteiger partial charge in [0, 0.05) is 13.1 Å². The smallest absolute Gasteiger partial charge is 0.331 e. The van der Waals surface area contributed by atoms with E-state index in [1.807, 2.05) is 6.92 Å². The zero-order valence-corrected chi connectivity index (χ0v) is 12.4. The Morgan fingerprint density at radius 3 is 2.75 bits per heavy atom. The van der Waals surface area contributed by atoms with Crippen LogP contribution in [0.2, 0.25) is 0 Å². The Morgan fingerprint density at radius 2 is 2.15 bits per heavy atom. The number of aromatic nitrogens is 1. The summed E-state index contributed by atoms with van der Waals surface area (Å²) in [6.45, 7) is 4.08. The number of ether oxygens (including phenoxy) is 1. The van der Waals surface area contributed by atoms with Crippen molar-refractivity contribution in [2.75, 3.05) is 12.4 Å². The highest BCUT2D eigenvalue weighted by molar-refractivity contribution is 5.48. The van der Waals surface area contributed by atoms with Crippen molar-refractivity contribution in [3.63, 3.8) is 0 Å². The second-order valence-electron chi connectivity index (χ2n) is 4.81. The van der Waals surface area contributed by atoms with Crippen molar-refractivity contribution in [1.29, 1.82) is 0 Å². The molecule has 1 atom stereocenters. The first kappa shape index (κ1) is 16.2. The molecule has 0 amide bonds. The third-order valence-corrected chi connectivity index (χ3v) is 3.07. The van der Waals surface area contributed by atoms with Crippen LogP contribution in [0.5, 0.6) is 5.88 Å². The molecule has 1 heterocycles. The minimum Gasteiger partial charge on any atom is -0.470 e. The molecule has 0 saturated heterocycles. The summed E-state index contributed by atoms with van der Waals surface area (Å²) in [7, 11) is 1.71. The van der Waals surface area contributed by atoms with Crippen LogP contribution in [0.4, 0.5) is 11.5 Å². The van der Waals surface area contributed by atoms with Gasteiger partial charge in [-0.1, -0.05) is 26.2 Å². The Balaban J connectivity index is 2.66. The van der Waals surface area contributed by atoms with Gasteiger partial charge >= 0.3 is 5.69 Å². The van der Waals surface area contributed by atoms with Crippen molar-refractivity contribution in [2.24, 2.45) is 0 Å². The number of anilines is 1. The zero-order valence-electron chi connectivity index (χ0n) is 12.4. The second-order valence-corrected chi connectivity index (χ2v) is 4.81. The van der Waals surface area contributed by atoms with E-state index in [0.29, 0.717) is 5.82 Å². The predicted molar refractivity (Wildman–Crippen MR) is 79.3 cm³/mol. The lowest BCUT2D eigenvalue weighted by atomic mass is 10.1. The van der Waals surface area contributed by atoms with E-state index in [9.17, 15) is 10.1 Å². The highest BCUT2D eigenvalue weighted by Gasteiger charge is 2.19. The van der Waals surface area contributed by atoms with Gasteiger partial charge in [-0.3, -0.25) is 10.1 Å². The van der Waals surface area contributed by atoms with E-state index in [-0.39, 0.29) is 17.7 Å². The molecule has 6 heteroatoms. The summed E-state index contributed by atoms with van der Waals surface area (Å²) >= 11 is 0. The van der Waals surface area contributed by atoms with Crippen LogP contribution in [0, 0.1) is 10.1 Å². The number of nitrogens with zero attached hydrogens (tertiary/aromatic N) is 2. The van der Waals surface area contributed by atoms with Gasteiger partial charge in [0.25, 0.3) is 5.88 Å². The average molecular weight is 281 g/mol. The van der Waals surface area contributed by atoms with Crippen LogP contribution in [0.3, 0.4) is 0 Å². The normalized spacial score (nSPS) is 11.9. The summed E-state index contributed by atoms with van der Waals surface area (Å²) in [6, 6.07) is 2.98. The minimum atomic E-state index is -0.467. The van der Waals surface area contributed by atoms with Crippen molar-refractivity contribution in [3.05, 3.63) is 22.2 Å². The molecule has 0 aliphatic heterocycles. The first-order valence-electron chi connectivity index (χ1n) is 7.08. The van der Waals surface area contributed by atoms with Gasteiger partial charge in [-0.2, -0.15) is 4.98 Å². The van der Waals surface area contributed by atoms with E-state index in [2.05, 4.69) is 17.2 Å². The van der Waals surface area contributed by atoms with Crippen LogP contribution < -0.4 is 10.1 Å². The highest BCUT2D eigenvalue weighted by atomic mass is 16.6. The minimum absolute atomic E-state index is 0.0786. The number of pyridine rings is 1. The molecule has 0 bridgehead atoms. The van der Waals surface area contributed by atoms with Gasteiger partial charge < -0.3 is 10.1 Å². The molecule has 0 aromatic carbocycles. The van der Waals surface area contributed by atoms with Gasteiger partial charge in [-0.25, -0.2) is 0 Å². The van der Waals surface area contributed by atoms with E-state index in [4.69, 9.17) is 4.74 Å². The van der Waals surface area contributed by atoms with E-state index in [0.717, 1.165) is 19.3 Å². The summed E-state index contributed by atoms with van der Waals surface area (Å²) in [5, 5.41) is 13.8. The highest BCUT2D eigenvalue weighted by Crippen LogP contribution is 2.27. The largest absolute Gasteiger partial charge is 0.470 e. The van der Waals surface area contributed by atoms with Crippen molar-refractivity contribution < 1.29 is 9.66 Å². The number of nitro groups is 1. The quantitative estimate of drug-likeness (QED) is 0.423. The fraction of sp³-hybridized carbons (Fsp3) is 0.643. The van der Waals surface area contributed by atoms with Crippen LogP contribution in [0.1, 0.15) is 46.0 Å². The Bertz CT molecular complexity index is 438. The molecular formula is C14H23N3O3. The van der Waals surface area contributed by atoms with Crippen LogP contribution in [-0.4, -0.2) is 23.1 Å². The van der Waals surface area contributed by atoms with Gasteiger partial charge in [0.15, 0.2) is 0 Å². The van der Waals surface area contributed by atoms with Crippen LogP contribution in [-0.2, 0) is 0 Å². The van der Waals surface area contributed by atoms with Crippen molar-refractivity contribution >= 4 is 11.5 Å². The van der Waals surface area contributed by atoms with Gasteiger partial charge in [0.1, 0.15) is 5.82 Å². The molecule has 6 nitrogen and oxygen atoms in total. The predicted octanol–water partition coefficient (Wildman–Crippen LogP) is 3.77. The van der Waals surface area contributed by atoms with E-state index >= 15 is 0 Å². The molecule has 1 N–H and O–H groups in total. The second kappa shape index (κ2) is 8.35. The van der Waals surface area contributed by atoms with E-state index in [1.54, 1.807) is 13.1 Å². The number of nitrogens with one attached hydrogen (secondary N) is 1. The number of rotatable bonds is 9. The molecule has 112 valence electrons. The SMILES string of the molecule is CCCCCCC(C)Oc1nc(NC)ccc1[N+](=O)[O-]. The molecule has 1 aromatic rings. The molecule has 0 saturated carbocycles. The number of unbranched alkanes of at least 4 members (excludes halogenated alkanes) is 3. The first-order chi connectivity index (χ1) is 9.58. The van der Waals surface area contributed by atoms with Gasteiger partial charge in [0.2, 0.25) is 0 Å². The fourth-order valence-corrected chi connectivity index (χ4v) is 1.91. The molecule has 1 aromatic heterocycles. The molecule has 20 heavy (non-hydrogen) atoms.